The molecule has 1 aromatic heterocycles. The molecule has 2 rings (SSSR count). The van der Waals surface area contributed by atoms with Gasteiger partial charge >= 0.3 is 0 Å². The lowest BCUT2D eigenvalue weighted by Gasteiger charge is -2.21. The molecule has 0 saturated carbocycles. The first-order valence-electron chi connectivity index (χ1n) is 6.75. The maximum Gasteiger partial charge on any atom is 0.224 e. The Bertz CT molecular complexity index is 613. The van der Waals surface area contributed by atoms with Gasteiger partial charge in [-0.3, -0.25) is 4.79 Å². The number of fused-ring (bicyclic) bond motifs is 1. The van der Waals surface area contributed by atoms with Crippen LogP contribution in [0.25, 0.3) is 11.0 Å². The summed E-state index contributed by atoms with van der Waals surface area (Å²) < 4.78 is 5.45. The van der Waals surface area contributed by atoms with E-state index in [9.17, 15) is 4.79 Å². The third-order valence-electron chi connectivity index (χ3n) is 3.35. The number of hydrogen-bond acceptors (Lipinski definition) is 3. The van der Waals surface area contributed by atoms with Gasteiger partial charge in [0.2, 0.25) is 5.91 Å². The predicted molar refractivity (Wildman–Crippen MR) is 78.5 cm³/mol. The van der Waals surface area contributed by atoms with Crippen molar-refractivity contribution in [1.82, 2.24) is 5.32 Å². The molecule has 1 heterocycles. The van der Waals surface area contributed by atoms with Crippen molar-refractivity contribution in [3.05, 3.63) is 35.6 Å². The molecule has 2 N–H and O–H groups in total. The van der Waals surface area contributed by atoms with Crippen LogP contribution in [0.2, 0.25) is 0 Å². The summed E-state index contributed by atoms with van der Waals surface area (Å²) in [5.74, 6) is -0.0595. The van der Waals surface area contributed by atoms with E-state index in [2.05, 4.69) is 5.32 Å². The zero-order chi connectivity index (χ0) is 14.8. The van der Waals surface area contributed by atoms with Gasteiger partial charge in [-0.2, -0.15) is 0 Å². The summed E-state index contributed by atoms with van der Waals surface area (Å²) in [5, 5.41) is 13.0. The highest BCUT2D eigenvalue weighted by atomic mass is 16.3. The third-order valence-corrected chi connectivity index (χ3v) is 3.35. The number of carbonyl (C=O) groups excluding carboxylic acids is 1. The molecule has 1 aromatic carbocycles. The van der Waals surface area contributed by atoms with E-state index >= 15 is 0 Å². The van der Waals surface area contributed by atoms with Gasteiger partial charge in [-0.05, 0) is 19.1 Å². The molecule has 0 bridgehead atoms. The fourth-order valence-corrected chi connectivity index (χ4v) is 1.96. The van der Waals surface area contributed by atoms with Gasteiger partial charge < -0.3 is 14.8 Å². The Hall–Kier alpha value is -1.81. The number of aryl methyl sites for hydroxylation is 1. The molecule has 0 aliphatic heterocycles. The van der Waals surface area contributed by atoms with Crippen molar-refractivity contribution in [1.29, 1.82) is 0 Å². The molecule has 4 nitrogen and oxygen atoms in total. The lowest BCUT2D eigenvalue weighted by atomic mass is 9.95. The van der Waals surface area contributed by atoms with Gasteiger partial charge in [-0.15, -0.1) is 0 Å². The number of nitrogens with one attached hydrogen (secondary N) is 1. The first-order chi connectivity index (χ1) is 9.41. The standard InChI is InChI=1S/C16H21NO3/c1-11-4-5-14-13(6-11)12(8-20-14)7-15(19)17-9-16(2,3)10-18/h4-6,8,18H,7,9-10H2,1-3H3,(H,17,19). The van der Waals surface area contributed by atoms with Crippen molar-refractivity contribution >= 4 is 16.9 Å². The van der Waals surface area contributed by atoms with Crippen LogP contribution in [0, 0.1) is 12.3 Å². The molecule has 0 unspecified atom stereocenters. The molecule has 0 fully saturated rings. The minimum Gasteiger partial charge on any atom is -0.464 e. The topological polar surface area (TPSA) is 62.5 Å². The Balaban J connectivity index is 2.05. The van der Waals surface area contributed by atoms with E-state index in [-0.39, 0.29) is 24.3 Å². The monoisotopic (exact) mass is 275 g/mol. The summed E-state index contributed by atoms with van der Waals surface area (Å²) in [6.45, 7) is 6.33. The second kappa shape index (κ2) is 5.67. The Morgan fingerprint density at radius 1 is 1.40 bits per heavy atom. The van der Waals surface area contributed by atoms with Gasteiger partial charge in [0, 0.05) is 29.5 Å². The van der Waals surface area contributed by atoms with Crippen molar-refractivity contribution in [2.75, 3.05) is 13.2 Å². The highest BCUT2D eigenvalue weighted by Gasteiger charge is 2.18. The van der Waals surface area contributed by atoms with Gasteiger partial charge in [0.25, 0.3) is 0 Å². The Labute approximate surface area is 118 Å². The van der Waals surface area contributed by atoms with Gasteiger partial charge in [-0.25, -0.2) is 0 Å². The minimum absolute atomic E-state index is 0.0428. The molecule has 4 heteroatoms. The van der Waals surface area contributed by atoms with Crippen LogP contribution in [0.3, 0.4) is 0 Å². The molecule has 0 aliphatic rings. The van der Waals surface area contributed by atoms with E-state index in [1.807, 2.05) is 39.0 Å². The van der Waals surface area contributed by atoms with E-state index in [0.29, 0.717) is 6.54 Å². The first kappa shape index (κ1) is 14.6. The number of benzene rings is 1. The summed E-state index contributed by atoms with van der Waals surface area (Å²) in [7, 11) is 0. The van der Waals surface area contributed by atoms with Crippen LogP contribution in [0.4, 0.5) is 0 Å². The molecule has 0 radical (unpaired) electrons. The maximum absolute atomic E-state index is 12.0. The number of aliphatic hydroxyl groups is 1. The number of carbonyl (C=O) groups is 1. The average Bonchev–Trinajstić information content (AvgIpc) is 2.79. The second-order valence-corrected chi connectivity index (χ2v) is 6.04. The molecule has 0 aliphatic carbocycles. The summed E-state index contributed by atoms with van der Waals surface area (Å²) in [5.41, 5.74) is 2.53. The molecule has 0 spiro atoms. The number of amides is 1. The van der Waals surface area contributed by atoms with E-state index < -0.39 is 0 Å². The molecule has 108 valence electrons. The van der Waals surface area contributed by atoms with Gasteiger partial charge in [0.05, 0.1) is 12.7 Å². The average molecular weight is 275 g/mol. The van der Waals surface area contributed by atoms with E-state index in [4.69, 9.17) is 9.52 Å². The Morgan fingerprint density at radius 2 is 2.15 bits per heavy atom. The normalized spacial score (nSPS) is 11.8. The van der Waals surface area contributed by atoms with Crippen LogP contribution in [-0.4, -0.2) is 24.2 Å². The van der Waals surface area contributed by atoms with Crippen LogP contribution in [0.1, 0.15) is 25.0 Å². The predicted octanol–water partition coefficient (Wildman–Crippen LogP) is 2.42. The fourth-order valence-electron chi connectivity index (χ4n) is 1.96. The summed E-state index contributed by atoms with van der Waals surface area (Å²) in [6.07, 6.45) is 1.93. The minimum atomic E-state index is -0.301. The lowest BCUT2D eigenvalue weighted by Crippen LogP contribution is -2.36. The van der Waals surface area contributed by atoms with Crippen LogP contribution in [-0.2, 0) is 11.2 Å². The third kappa shape index (κ3) is 3.39. The maximum atomic E-state index is 12.0. The molecule has 0 saturated heterocycles. The molecule has 20 heavy (non-hydrogen) atoms. The van der Waals surface area contributed by atoms with E-state index in [1.165, 1.54) is 0 Å². The molecule has 2 aromatic rings. The second-order valence-electron chi connectivity index (χ2n) is 6.04. The van der Waals surface area contributed by atoms with Gasteiger partial charge in [-0.1, -0.05) is 25.5 Å². The van der Waals surface area contributed by atoms with Crippen LogP contribution >= 0.6 is 0 Å². The zero-order valence-corrected chi connectivity index (χ0v) is 12.2. The smallest absolute Gasteiger partial charge is 0.224 e. The SMILES string of the molecule is Cc1ccc2occ(CC(=O)NCC(C)(C)CO)c2c1. The highest BCUT2D eigenvalue weighted by Crippen LogP contribution is 2.22. The molecule has 1 amide bonds. The van der Waals surface area contributed by atoms with Gasteiger partial charge in [0.15, 0.2) is 0 Å². The molecular weight excluding hydrogens is 254 g/mol. The largest absolute Gasteiger partial charge is 0.464 e. The van der Waals surface area contributed by atoms with E-state index in [1.54, 1.807) is 6.26 Å². The lowest BCUT2D eigenvalue weighted by molar-refractivity contribution is -0.121. The highest BCUT2D eigenvalue weighted by molar-refractivity contribution is 5.88. The zero-order valence-electron chi connectivity index (χ0n) is 12.2. The summed E-state index contributed by atoms with van der Waals surface area (Å²) >= 11 is 0. The van der Waals surface area contributed by atoms with Crippen molar-refractivity contribution < 1.29 is 14.3 Å². The number of hydrogen-bond donors (Lipinski definition) is 2. The van der Waals surface area contributed by atoms with Crippen molar-refractivity contribution in [2.45, 2.75) is 27.2 Å². The van der Waals surface area contributed by atoms with Crippen LogP contribution < -0.4 is 5.32 Å². The summed E-state index contributed by atoms with van der Waals surface area (Å²) in [4.78, 5) is 12.0. The number of aliphatic hydroxyl groups excluding tert-OH is 1. The first-order valence-corrected chi connectivity index (χ1v) is 6.75. The number of rotatable bonds is 5. The summed E-state index contributed by atoms with van der Waals surface area (Å²) in [6, 6.07) is 5.93. The Kier molecular flexibility index (Phi) is 4.14. The fraction of sp³-hybridized carbons (Fsp3) is 0.438. The van der Waals surface area contributed by atoms with E-state index in [0.717, 1.165) is 22.1 Å². The molecule has 0 atom stereocenters. The van der Waals surface area contributed by atoms with Crippen LogP contribution in [0.5, 0.6) is 0 Å². The quantitative estimate of drug-likeness (QED) is 0.881. The van der Waals surface area contributed by atoms with Crippen molar-refractivity contribution in [2.24, 2.45) is 5.41 Å². The Morgan fingerprint density at radius 3 is 2.85 bits per heavy atom. The van der Waals surface area contributed by atoms with Crippen LogP contribution in [0.15, 0.2) is 28.9 Å². The van der Waals surface area contributed by atoms with Crippen molar-refractivity contribution in [3.63, 3.8) is 0 Å². The number of furan rings is 1. The molecular formula is C16H21NO3. The van der Waals surface area contributed by atoms with Gasteiger partial charge in [0.1, 0.15) is 5.58 Å². The van der Waals surface area contributed by atoms with Crippen molar-refractivity contribution in [3.8, 4) is 0 Å².